The molecule has 0 aromatic carbocycles. The van der Waals surface area contributed by atoms with E-state index in [2.05, 4.69) is 10.2 Å². The Morgan fingerprint density at radius 1 is 1.43 bits per heavy atom. The first-order valence-electron chi connectivity index (χ1n) is 1.87. The van der Waals surface area contributed by atoms with Crippen molar-refractivity contribution in [1.29, 1.82) is 0 Å². The molecule has 0 atom stereocenters. The van der Waals surface area contributed by atoms with E-state index >= 15 is 0 Å². The monoisotopic (exact) mass is 100 g/mol. The van der Waals surface area contributed by atoms with Crippen LogP contribution in [0.5, 0.6) is 0 Å². The molecule has 0 heterocycles. The number of nitrogens with zero attached hydrogens (tertiary/aromatic N) is 2. The van der Waals surface area contributed by atoms with Crippen molar-refractivity contribution < 1.29 is 0 Å². The minimum Gasteiger partial charge on any atom is -0.388 e. The lowest BCUT2D eigenvalue weighted by Gasteiger charge is -1.71. The summed E-state index contributed by atoms with van der Waals surface area (Å²) in [6, 6.07) is 0. The van der Waals surface area contributed by atoms with E-state index < -0.39 is 0 Å². The van der Waals surface area contributed by atoms with Gasteiger partial charge in [-0.05, 0) is 0 Å². The van der Waals surface area contributed by atoms with Crippen LogP contribution in [0.2, 0.25) is 0 Å². The predicted octanol–water partition coefficient (Wildman–Crippen LogP) is -1.08. The van der Waals surface area contributed by atoms with Crippen molar-refractivity contribution in [1.82, 2.24) is 0 Å². The zero-order valence-electron chi connectivity index (χ0n) is 3.91. The van der Waals surface area contributed by atoms with E-state index in [0.717, 1.165) is 6.34 Å². The quantitative estimate of drug-likeness (QED) is 0.263. The van der Waals surface area contributed by atoms with Crippen molar-refractivity contribution >= 4 is 12.6 Å². The van der Waals surface area contributed by atoms with Gasteiger partial charge in [-0.25, -0.2) is 0 Å². The van der Waals surface area contributed by atoms with Crippen LogP contribution >= 0.6 is 0 Å². The summed E-state index contributed by atoms with van der Waals surface area (Å²) >= 11 is 0. The highest BCUT2D eigenvalue weighted by atomic mass is 15.2. The Morgan fingerprint density at radius 2 is 2.14 bits per heavy atom. The summed E-state index contributed by atoms with van der Waals surface area (Å²) in [6.45, 7) is 0.400. The number of hydrogen-bond acceptors (Lipinski definition) is 3. The molecule has 4 N–H and O–H groups in total. The Balaban J connectivity index is 3.09. The zero-order chi connectivity index (χ0) is 5.54. The summed E-state index contributed by atoms with van der Waals surface area (Å²) in [6.07, 6.45) is 2.56. The van der Waals surface area contributed by atoms with Crippen LogP contribution in [-0.2, 0) is 0 Å². The van der Waals surface area contributed by atoms with Gasteiger partial charge in [-0.3, -0.25) is 0 Å². The zero-order valence-corrected chi connectivity index (χ0v) is 3.91. The van der Waals surface area contributed by atoms with Crippen LogP contribution in [0, 0.1) is 0 Å². The van der Waals surface area contributed by atoms with Crippen LogP contribution in [0.15, 0.2) is 10.2 Å². The summed E-state index contributed by atoms with van der Waals surface area (Å²) in [5.41, 5.74) is 9.83. The first-order chi connectivity index (χ1) is 3.41. The molecule has 0 aliphatic rings. The first-order valence-corrected chi connectivity index (χ1v) is 1.87. The van der Waals surface area contributed by atoms with Gasteiger partial charge in [-0.2, -0.15) is 5.10 Å². The maximum Gasteiger partial charge on any atom is 0.108 e. The molecule has 0 saturated heterocycles. The van der Waals surface area contributed by atoms with Crippen LogP contribution in [0.1, 0.15) is 0 Å². The van der Waals surface area contributed by atoms with Crippen molar-refractivity contribution in [3.05, 3.63) is 0 Å². The average Bonchev–Trinajstić information content (AvgIpc) is 1.69. The topological polar surface area (TPSA) is 76.8 Å². The molecule has 0 saturated carbocycles. The molecule has 0 bridgehead atoms. The van der Waals surface area contributed by atoms with Gasteiger partial charge < -0.3 is 11.5 Å². The maximum atomic E-state index is 5.01. The predicted molar refractivity (Wildman–Crippen MR) is 30.2 cm³/mol. The van der Waals surface area contributed by atoms with Gasteiger partial charge in [0.1, 0.15) is 6.34 Å². The van der Waals surface area contributed by atoms with Crippen molar-refractivity contribution in [3.8, 4) is 0 Å². The Bertz CT molecular complexity index is 75.0. The van der Waals surface area contributed by atoms with Crippen LogP contribution in [0.3, 0.4) is 0 Å². The summed E-state index contributed by atoms with van der Waals surface area (Å²) in [5, 5.41) is 6.71. The molecule has 0 aliphatic heterocycles. The normalized spacial score (nSPS) is 11.6. The van der Waals surface area contributed by atoms with E-state index in [0.29, 0.717) is 6.54 Å². The van der Waals surface area contributed by atoms with Gasteiger partial charge in [-0.1, -0.05) is 0 Å². The SMILES string of the molecule is NC=NN=CCN. The smallest absolute Gasteiger partial charge is 0.108 e. The standard InChI is InChI=1S/C3H8N4/c4-1-2-6-7-3-5/h2-3H,1,4H2,(H2,5,7). The molecule has 0 fully saturated rings. The van der Waals surface area contributed by atoms with Gasteiger partial charge in [0, 0.05) is 12.8 Å². The van der Waals surface area contributed by atoms with Gasteiger partial charge in [0.15, 0.2) is 0 Å². The van der Waals surface area contributed by atoms with E-state index in [1.807, 2.05) is 0 Å². The van der Waals surface area contributed by atoms with Crippen molar-refractivity contribution in [2.24, 2.45) is 21.7 Å². The lowest BCUT2D eigenvalue weighted by molar-refractivity contribution is 1.22. The van der Waals surface area contributed by atoms with Crippen molar-refractivity contribution in [2.75, 3.05) is 6.54 Å². The summed E-state index contributed by atoms with van der Waals surface area (Å²) in [5.74, 6) is 0. The van der Waals surface area contributed by atoms with Gasteiger partial charge in [0.25, 0.3) is 0 Å². The van der Waals surface area contributed by atoms with E-state index in [4.69, 9.17) is 11.5 Å². The fourth-order valence-electron chi connectivity index (χ4n) is 0.133. The summed E-state index contributed by atoms with van der Waals surface area (Å²) in [7, 11) is 0. The Labute approximate surface area is 41.9 Å². The third kappa shape index (κ3) is 5.10. The average molecular weight is 100 g/mol. The molecule has 0 rings (SSSR count). The van der Waals surface area contributed by atoms with Crippen LogP contribution in [-0.4, -0.2) is 19.1 Å². The van der Waals surface area contributed by atoms with Crippen molar-refractivity contribution in [3.63, 3.8) is 0 Å². The highest BCUT2D eigenvalue weighted by Gasteiger charge is 1.58. The molecular weight excluding hydrogens is 92.1 g/mol. The second-order valence-corrected chi connectivity index (χ2v) is 0.798. The highest BCUT2D eigenvalue weighted by molar-refractivity contribution is 5.60. The second kappa shape index (κ2) is 5.10. The maximum absolute atomic E-state index is 5.01. The van der Waals surface area contributed by atoms with Crippen LogP contribution < -0.4 is 11.5 Å². The minimum atomic E-state index is 0.400. The summed E-state index contributed by atoms with van der Waals surface area (Å²) < 4.78 is 0. The third-order valence-corrected chi connectivity index (χ3v) is 0.320. The van der Waals surface area contributed by atoms with Crippen molar-refractivity contribution in [2.45, 2.75) is 0 Å². The molecule has 40 valence electrons. The molecule has 0 spiro atoms. The molecule has 0 amide bonds. The molecule has 7 heavy (non-hydrogen) atoms. The van der Waals surface area contributed by atoms with E-state index in [1.165, 1.54) is 6.21 Å². The second-order valence-electron chi connectivity index (χ2n) is 0.798. The Kier molecular flexibility index (Phi) is 4.44. The summed E-state index contributed by atoms with van der Waals surface area (Å²) in [4.78, 5) is 0. The van der Waals surface area contributed by atoms with E-state index in [1.54, 1.807) is 0 Å². The fraction of sp³-hybridized carbons (Fsp3) is 0.333. The van der Waals surface area contributed by atoms with E-state index in [9.17, 15) is 0 Å². The number of nitrogens with two attached hydrogens (primary N) is 2. The molecule has 0 aromatic heterocycles. The van der Waals surface area contributed by atoms with Gasteiger partial charge >= 0.3 is 0 Å². The van der Waals surface area contributed by atoms with Gasteiger partial charge in [0.2, 0.25) is 0 Å². The Hall–Kier alpha value is -0.900. The Morgan fingerprint density at radius 3 is 2.57 bits per heavy atom. The lowest BCUT2D eigenvalue weighted by Crippen LogP contribution is -1.98. The molecule has 0 unspecified atom stereocenters. The molecular formula is C3H8N4. The largest absolute Gasteiger partial charge is 0.388 e. The number of hydrogen-bond donors (Lipinski definition) is 2. The first kappa shape index (κ1) is 6.10. The van der Waals surface area contributed by atoms with Gasteiger partial charge in [-0.15, -0.1) is 5.10 Å². The highest BCUT2D eigenvalue weighted by Crippen LogP contribution is 1.58. The van der Waals surface area contributed by atoms with Gasteiger partial charge in [0.05, 0.1) is 0 Å². The van der Waals surface area contributed by atoms with Crippen LogP contribution in [0.25, 0.3) is 0 Å². The molecule has 4 heteroatoms. The van der Waals surface area contributed by atoms with Crippen LogP contribution in [0.4, 0.5) is 0 Å². The molecule has 0 aliphatic carbocycles. The minimum absolute atomic E-state index is 0.400. The number of rotatable bonds is 2. The fourth-order valence-corrected chi connectivity index (χ4v) is 0.133. The lowest BCUT2D eigenvalue weighted by atomic mass is 10.8. The van der Waals surface area contributed by atoms with E-state index in [-0.39, 0.29) is 0 Å². The third-order valence-electron chi connectivity index (χ3n) is 0.320. The molecule has 4 nitrogen and oxygen atoms in total. The molecule has 0 aromatic rings. The molecule has 0 radical (unpaired) electrons.